The summed E-state index contributed by atoms with van der Waals surface area (Å²) < 4.78 is 28.5. The lowest BCUT2D eigenvalue weighted by molar-refractivity contribution is -0.0494. The molecule has 0 spiro atoms. The molecule has 1 aromatic rings. The Morgan fingerprint density at radius 1 is 1.25 bits per heavy atom. The first-order valence-electron chi connectivity index (χ1n) is 4.99. The Bertz CT molecular complexity index is 332. The van der Waals surface area contributed by atoms with Gasteiger partial charge in [-0.05, 0) is 26.0 Å². The van der Waals surface area contributed by atoms with Gasteiger partial charge >= 0.3 is 6.61 Å². The van der Waals surface area contributed by atoms with Gasteiger partial charge in [0.1, 0.15) is 5.75 Å². The van der Waals surface area contributed by atoms with Crippen molar-refractivity contribution in [2.24, 2.45) is 0 Å². The molecular weight excluding hydrogens is 216 g/mol. The van der Waals surface area contributed by atoms with E-state index in [1.807, 2.05) is 0 Å². The van der Waals surface area contributed by atoms with Crippen LogP contribution in [0.15, 0.2) is 24.3 Å². The zero-order valence-electron chi connectivity index (χ0n) is 9.15. The normalized spacial score (nSPS) is 14.6. The van der Waals surface area contributed by atoms with Crippen LogP contribution in [0.1, 0.15) is 13.8 Å². The molecule has 0 saturated heterocycles. The fourth-order valence-electron chi connectivity index (χ4n) is 1.15. The van der Waals surface area contributed by atoms with E-state index in [0.717, 1.165) is 0 Å². The van der Waals surface area contributed by atoms with E-state index in [1.54, 1.807) is 32.0 Å². The molecule has 0 aliphatic carbocycles. The minimum Gasteiger partial charge on any atom is -0.433 e. The Morgan fingerprint density at radius 3 is 2.44 bits per heavy atom. The summed E-state index contributed by atoms with van der Waals surface area (Å²) >= 11 is 0. The van der Waals surface area contributed by atoms with E-state index in [-0.39, 0.29) is 11.8 Å². The van der Waals surface area contributed by atoms with Gasteiger partial charge in [0.25, 0.3) is 0 Å². The van der Waals surface area contributed by atoms with Crippen LogP contribution in [0.2, 0.25) is 0 Å². The highest BCUT2D eigenvalue weighted by molar-refractivity contribution is 5.56. The zero-order valence-corrected chi connectivity index (χ0v) is 9.15. The summed E-state index contributed by atoms with van der Waals surface area (Å²) in [4.78, 5) is 0. The largest absolute Gasteiger partial charge is 0.433 e. The molecule has 1 aromatic carbocycles. The lowest BCUT2D eigenvalue weighted by Gasteiger charge is -2.20. The Hall–Kier alpha value is -1.36. The number of alkyl halides is 2. The number of nitrogens with one attached hydrogen (secondary N) is 1. The van der Waals surface area contributed by atoms with E-state index in [2.05, 4.69) is 10.1 Å². The number of para-hydroxylation sites is 2. The van der Waals surface area contributed by atoms with Gasteiger partial charge in [-0.1, -0.05) is 12.1 Å². The number of halogens is 2. The number of rotatable bonds is 5. The second kappa shape index (κ2) is 5.65. The van der Waals surface area contributed by atoms with Crippen molar-refractivity contribution in [2.45, 2.75) is 32.6 Å². The maximum absolute atomic E-state index is 12.1. The number of ether oxygens (including phenoxy) is 1. The van der Waals surface area contributed by atoms with Gasteiger partial charge in [0.2, 0.25) is 0 Å². The Balaban J connectivity index is 2.78. The van der Waals surface area contributed by atoms with Gasteiger partial charge in [0.05, 0.1) is 11.8 Å². The minimum atomic E-state index is -2.86. The molecule has 3 nitrogen and oxygen atoms in total. The first kappa shape index (κ1) is 12.7. The van der Waals surface area contributed by atoms with Gasteiger partial charge in [0, 0.05) is 6.04 Å². The molecule has 0 fully saturated rings. The van der Waals surface area contributed by atoms with Crippen LogP contribution >= 0.6 is 0 Å². The fraction of sp³-hybridized carbons (Fsp3) is 0.455. The van der Waals surface area contributed by atoms with Crippen molar-refractivity contribution >= 4 is 5.69 Å². The van der Waals surface area contributed by atoms with Crippen molar-refractivity contribution < 1.29 is 18.6 Å². The van der Waals surface area contributed by atoms with Gasteiger partial charge in [-0.15, -0.1) is 0 Å². The molecular formula is C11H15F2NO2. The van der Waals surface area contributed by atoms with E-state index in [0.29, 0.717) is 5.69 Å². The third kappa shape index (κ3) is 3.66. The topological polar surface area (TPSA) is 41.5 Å². The summed E-state index contributed by atoms with van der Waals surface area (Å²) in [5, 5.41) is 12.2. The summed E-state index contributed by atoms with van der Waals surface area (Å²) in [7, 11) is 0. The second-order valence-corrected chi connectivity index (χ2v) is 3.55. The quantitative estimate of drug-likeness (QED) is 0.818. The van der Waals surface area contributed by atoms with Gasteiger partial charge in [-0.3, -0.25) is 0 Å². The molecule has 2 N–H and O–H groups in total. The third-order valence-corrected chi connectivity index (χ3v) is 2.21. The van der Waals surface area contributed by atoms with Crippen molar-refractivity contribution in [3.8, 4) is 5.75 Å². The predicted octanol–water partition coefficient (Wildman–Crippen LogP) is 2.47. The highest BCUT2D eigenvalue weighted by atomic mass is 19.3. The Labute approximate surface area is 93.0 Å². The molecule has 2 atom stereocenters. The van der Waals surface area contributed by atoms with Crippen LogP contribution in [0.4, 0.5) is 14.5 Å². The monoisotopic (exact) mass is 231 g/mol. The van der Waals surface area contributed by atoms with Crippen molar-refractivity contribution in [3.63, 3.8) is 0 Å². The van der Waals surface area contributed by atoms with E-state index in [1.165, 1.54) is 6.07 Å². The van der Waals surface area contributed by atoms with Crippen molar-refractivity contribution in [2.75, 3.05) is 5.32 Å². The fourth-order valence-corrected chi connectivity index (χ4v) is 1.15. The molecule has 0 saturated carbocycles. The SMILES string of the molecule is CC(O)C(C)Nc1ccccc1OC(F)F. The van der Waals surface area contributed by atoms with Crippen LogP contribution < -0.4 is 10.1 Å². The maximum Gasteiger partial charge on any atom is 0.387 e. The summed E-state index contributed by atoms with van der Waals surface area (Å²) in [5.74, 6) is 0.0741. The number of aliphatic hydroxyl groups is 1. The first-order valence-corrected chi connectivity index (χ1v) is 4.99. The van der Waals surface area contributed by atoms with Crippen molar-refractivity contribution in [3.05, 3.63) is 24.3 Å². The van der Waals surface area contributed by atoms with Crippen LogP contribution in [0.3, 0.4) is 0 Å². The molecule has 0 bridgehead atoms. The molecule has 0 aromatic heterocycles. The zero-order chi connectivity index (χ0) is 12.1. The number of hydrogen-bond acceptors (Lipinski definition) is 3. The van der Waals surface area contributed by atoms with Gasteiger partial charge in [0.15, 0.2) is 0 Å². The summed E-state index contributed by atoms with van der Waals surface area (Å²) in [6, 6.07) is 6.13. The Kier molecular flexibility index (Phi) is 4.49. The predicted molar refractivity (Wildman–Crippen MR) is 57.8 cm³/mol. The molecule has 0 heterocycles. The number of aliphatic hydroxyl groups excluding tert-OH is 1. The van der Waals surface area contributed by atoms with Crippen molar-refractivity contribution in [1.29, 1.82) is 0 Å². The van der Waals surface area contributed by atoms with Gasteiger partial charge < -0.3 is 15.2 Å². The maximum atomic E-state index is 12.1. The number of hydrogen-bond donors (Lipinski definition) is 2. The van der Waals surface area contributed by atoms with Crippen LogP contribution in [0, 0.1) is 0 Å². The lowest BCUT2D eigenvalue weighted by atomic mass is 10.2. The van der Waals surface area contributed by atoms with Crippen LogP contribution in [-0.2, 0) is 0 Å². The van der Waals surface area contributed by atoms with E-state index in [9.17, 15) is 13.9 Å². The first-order chi connectivity index (χ1) is 7.50. The molecule has 90 valence electrons. The standard InChI is InChI=1S/C11H15F2NO2/c1-7(8(2)15)14-9-5-3-4-6-10(9)16-11(12)13/h3-8,11,14-15H,1-2H3. The number of anilines is 1. The Morgan fingerprint density at radius 2 is 1.88 bits per heavy atom. The highest BCUT2D eigenvalue weighted by Crippen LogP contribution is 2.26. The van der Waals surface area contributed by atoms with Crippen LogP contribution in [0.25, 0.3) is 0 Å². The lowest BCUT2D eigenvalue weighted by Crippen LogP contribution is -2.28. The van der Waals surface area contributed by atoms with Crippen LogP contribution in [0.5, 0.6) is 5.75 Å². The van der Waals surface area contributed by atoms with Gasteiger partial charge in [-0.25, -0.2) is 0 Å². The van der Waals surface area contributed by atoms with E-state index >= 15 is 0 Å². The molecule has 0 aliphatic rings. The van der Waals surface area contributed by atoms with Gasteiger partial charge in [-0.2, -0.15) is 8.78 Å². The summed E-state index contributed by atoms with van der Waals surface area (Å²) in [5.41, 5.74) is 0.441. The highest BCUT2D eigenvalue weighted by Gasteiger charge is 2.13. The minimum absolute atomic E-state index is 0.0741. The molecule has 0 radical (unpaired) electrons. The molecule has 0 aliphatic heterocycles. The second-order valence-electron chi connectivity index (χ2n) is 3.55. The average Bonchev–Trinajstić information content (AvgIpc) is 2.20. The summed E-state index contributed by atoms with van der Waals surface area (Å²) in [6.45, 7) is 0.516. The van der Waals surface area contributed by atoms with Crippen LogP contribution in [-0.4, -0.2) is 23.9 Å². The number of benzene rings is 1. The molecule has 0 amide bonds. The molecule has 1 rings (SSSR count). The third-order valence-electron chi connectivity index (χ3n) is 2.21. The smallest absolute Gasteiger partial charge is 0.387 e. The molecule has 5 heteroatoms. The average molecular weight is 231 g/mol. The van der Waals surface area contributed by atoms with Crippen molar-refractivity contribution in [1.82, 2.24) is 0 Å². The van der Waals surface area contributed by atoms with E-state index < -0.39 is 12.7 Å². The van der Waals surface area contributed by atoms with E-state index in [4.69, 9.17) is 0 Å². The molecule has 16 heavy (non-hydrogen) atoms. The summed E-state index contributed by atoms with van der Waals surface area (Å²) in [6.07, 6.45) is -0.584. The molecule has 2 unspecified atom stereocenters.